The van der Waals surface area contributed by atoms with Crippen LogP contribution < -0.4 is 0 Å². The van der Waals surface area contributed by atoms with Gasteiger partial charge in [0.25, 0.3) is 5.69 Å². The molecule has 0 amide bonds. The van der Waals surface area contributed by atoms with Gasteiger partial charge in [-0.05, 0) is 24.1 Å². The van der Waals surface area contributed by atoms with Gasteiger partial charge in [-0.25, -0.2) is 14.5 Å². The maximum Gasteiger partial charge on any atom is 0.319 e. The molecule has 2 heterocycles. The molecule has 2 aromatic heterocycles. The first kappa shape index (κ1) is 18.8. The minimum atomic E-state index is -0.654. The standard InChI is InChI=1S/C19H15N5O4S/c1-28-18(25)16(10-12-5-4-6-13(9-12)24(26)27)29-19-21-17-14-7-2-3-8-15(14)20-11-23(17)22-19/h2-9,11,16H,10H2,1H3/t16-/m1/s1. The molecule has 2 aromatic carbocycles. The number of esters is 1. The number of benzene rings is 2. The lowest BCUT2D eigenvalue weighted by Gasteiger charge is -2.12. The van der Waals surface area contributed by atoms with E-state index in [0.29, 0.717) is 16.4 Å². The van der Waals surface area contributed by atoms with E-state index in [0.717, 1.165) is 22.7 Å². The third kappa shape index (κ3) is 3.87. The zero-order valence-corrected chi connectivity index (χ0v) is 16.1. The van der Waals surface area contributed by atoms with Crippen molar-refractivity contribution in [2.75, 3.05) is 7.11 Å². The molecule has 4 aromatic rings. The number of carbonyl (C=O) groups is 1. The second-order valence-corrected chi connectivity index (χ2v) is 7.35. The van der Waals surface area contributed by atoms with Crippen LogP contribution in [0, 0.1) is 10.1 Å². The van der Waals surface area contributed by atoms with E-state index in [-0.39, 0.29) is 12.1 Å². The number of thioether (sulfide) groups is 1. The Morgan fingerprint density at radius 3 is 2.90 bits per heavy atom. The number of nitro groups is 1. The van der Waals surface area contributed by atoms with Gasteiger partial charge in [0, 0.05) is 17.5 Å². The zero-order chi connectivity index (χ0) is 20.4. The van der Waals surface area contributed by atoms with Crippen molar-refractivity contribution in [1.82, 2.24) is 19.6 Å². The molecule has 0 saturated carbocycles. The van der Waals surface area contributed by atoms with Gasteiger partial charge in [0.15, 0.2) is 5.65 Å². The van der Waals surface area contributed by atoms with Gasteiger partial charge >= 0.3 is 5.97 Å². The Bertz CT molecular complexity index is 1230. The number of rotatable bonds is 6. The quantitative estimate of drug-likeness (QED) is 0.207. The SMILES string of the molecule is COC(=O)[C@@H](Cc1cccc([N+](=O)[O-])c1)Sc1nc2c3ccccc3ncn2n1. The summed E-state index contributed by atoms with van der Waals surface area (Å²) in [4.78, 5) is 31.7. The number of hydrogen-bond donors (Lipinski definition) is 0. The van der Waals surface area contributed by atoms with Crippen LogP contribution in [0.25, 0.3) is 16.6 Å². The van der Waals surface area contributed by atoms with E-state index in [1.54, 1.807) is 23.0 Å². The first-order valence-corrected chi connectivity index (χ1v) is 9.51. The maximum absolute atomic E-state index is 12.3. The molecule has 0 unspecified atom stereocenters. The Kier molecular flexibility index (Phi) is 5.09. The van der Waals surface area contributed by atoms with Crippen LogP contribution >= 0.6 is 11.8 Å². The smallest absolute Gasteiger partial charge is 0.319 e. The highest BCUT2D eigenvalue weighted by Gasteiger charge is 2.24. The molecule has 0 N–H and O–H groups in total. The lowest BCUT2D eigenvalue weighted by Crippen LogP contribution is -2.21. The number of fused-ring (bicyclic) bond motifs is 3. The summed E-state index contributed by atoms with van der Waals surface area (Å²) in [5.74, 6) is -0.455. The Labute approximate surface area is 168 Å². The number of ether oxygens (including phenoxy) is 1. The van der Waals surface area contributed by atoms with Crippen LogP contribution in [0.5, 0.6) is 0 Å². The number of carbonyl (C=O) groups excluding carboxylic acids is 1. The third-order valence-corrected chi connectivity index (χ3v) is 5.34. The number of hydrogen-bond acceptors (Lipinski definition) is 8. The van der Waals surface area contributed by atoms with E-state index in [4.69, 9.17) is 4.74 Å². The van der Waals surface area contributed by atoms with Crippen LogP contribution in [-0.4, -0.2) is 42.8 Å². The molecule has 0 aliphatic carbocycles. The molecule has 0 aliphatic rings. The molecule has 1 atom stereocenters. The molecule has 29 heavy (non-hydrogen) atoms. The first-order valence-electron chi connectivity index (χ1n) is 8.63. The fourth-order valence-electron chi connectivity index (χ4n) is 2.95. The Morgan fingerprint density at radius 2 is 2.10 bits per heavy atom. The van der Waals surface area contributed by atoms with Gasteiger partial charge in [0.2, 0.25) is 5.16 Å². The number of aromatic nitrogens is 4. The van der Waals surface area contributed by atoms with Gasteiger partial charge in [-0.15, -0.1) is 5.10 Å². The van der Waals surface area contributed by atoms with Crippen molar-refractivity contribution < 1.29 is 14.5 Å². The summed E-state index contributed by atoms with van der Waals surface area (Å²) >= 11 is 1.15. The van der Waals surface area contributed by atoms with Crippen molar-refractivity contribution in [3.05, 3.63) is 70.5 Å². The number of nitro benzene ring substituents is 1. The maximum atomic E-state index is 12.3. The summed E-state index contributed by atoms with van der Waals surface area (Å²) in [7, 11) is 1.30. The Hall–Kier alpha value is -3.53. The number of nitrogens with zero attached hydrogens (tertiary/aromatic N) is 5. The fourth-order valence-corrected chi connectivity index (χ4v) is 3.95. The Balaban J connectivity index is 1.65. The zero-order valence-electron chi connectivity index (χ0n) is 15.3. The molecule has 0 aliphatic heterocycles. The molecular formula is C19H15N5O4S. The van der Waals surface area contributed by atoms with Crippen LogP contribution in [0.2, 0.25) is 0 Å². The second kappa shape index (κ2) is 7.84. The monoisotopic (exact) mass is 409 g/mol. The van der Waals surface area contributed by atoms with Crippen molar-refractivity contribution >= 4 is 40.0 Å². The summed E-state index contributed by atoms with van der Waals surface area (Å²) in [5, 5.41) is 16.0. The van der Waals surface area contributed by atoms with E-state index in [2.05, 4.69) is 15.1 Å². The molecule has 0 radical (unpaired) electrons. The predicted molar refractivity (Wildman–Crippen MR) is 107 cm³/mol. The first-order chi connectivity index (χ1) is 14.0. The van der Waals surface area contributed by atoms with Crippen LogP contribution in [0.1, 0.15) is 5.56 Å². The third-order valence-electron chi connectivity index (χ3n) is 4.32. The Morgan fingerprint density at radius 1 is 1.28 bits per heavy atom. The van der Waals surface area contributed by atoms with Crippen molar-refractivity contribution in [1.29, 1.82) is 0 Å². The van der Waals surface area contributed by atoms with Crippen molar-refractivity contribution in [2.24, 2.45) is 0 Å². The highest BCUT2D eigenvalue weighted by Crippen LogP contribution is 2.27. The molecule has 0 bridgehead atoms. The van der Waals surface area contributed by atoms with E-state index in [9.17, 15) is 14.9 Å². The minimum absolute atomic E-state index is 0.0282. The summed E-state index contributed by atoms with van der Waals surface area (Å²) in [6.45, 7) is 0. The summed E-state index contributed by atoms with van der Waals surface area (Å²) in [5.41, 5.74) is 2.06. The molecule has 9 nitrogen and oxygen atoms in total. The van der Waals surface area contributed by atoms with Crippen LogP contribution in [0.15, 0.2) is 60.0 Å². The lowest BCUT2D eigenvalue weighted by molar-refractivity contribution is -0.384. The van der Waals surface area contributed by atoms with Gasteiger partial charge in [0.1, 0.15) is 11.6 Å². The van der Waals surface area contributed by atoms with Crippen molar-refractivity contribution in [3.8, 4) is 0 Å². The topological polar surface area (TPSA) is 113 Å². The highest BCUT2D eigenvalue weighted by molar-refractivity contribution is 8.00. The average molecular weight is 409 g/mol. The summed E-state index contributed by atoms with van der Waals surface area (Å²) < 4.78 is 6.47. The van der Waals surface area contributed by atoms with Crippen molar-refractivity contribution in [2.45, 2.75) is 16.8 Å². The molecule has 10 heteroatoms. The normalized spacial score (nSPS) is 12.2. The molecule has 0 spiro atoms. The van der Waals surface area contributed by atoms with Crippen molar-refractivity contribution in [3.63, 3.8) is 0 Å². The fraction of sp³-hybridized carbons (Fsp3) is 0.158. The van der Waals surface area contributed by atoms with Crippen LogP contribution in [0.3, 0.4) is 0 Å². The van der Waals surface area contributed by atoms with Gasteiger partial charge < -0.3 is 4.74 Å². The molecule has 0 saturated heterocycles. The number of para-hydroxylation sites is 1. The van der Waals surface area contributed by atoms with E-state index in [1.165, 1.54) is 19.2 Å². The van der Waals surface area contributed by atoms with Gasteiger partial charge in [-0.1, -0.05) is 36.0 Å². The molecule has 146 valence electrons. The van der Waals surface area contributed by atoms with E-state index >= 15 is 0 Å². The molecule has 4 rings (SSSR count). The number of methoxy groups -OCH3 is 1. The molecule has 0 fully saturated rings. The molecular weight excluding hydrogens is 394 g/mol. The second-order valence-electron chi connectivity index (χ2n) is 6.19. The van der Waals surface area contributed by atoms with Gasteiger partial charge in [-0.2, -0.15) is 0 Å². The van der Waals surface area contributed by atoms with Crippen LogP contribution in [0.4, 0.5) is 5.69 Å². The van der Waals surface area contributed by atoms with Gasteiger partial charge in [0.05, 0.1) is 17.5 Å². The van der Waals surface area contributed by atoms with Crippen LogP contribution in [-0.2, 0) is 16.0 Å². The van der Waals surface area contributed by atoms with Gasteiger partial charge in [-0.3, -0.25) is 14.9 Å². The number of non-ortho nitro benzene ring substituents is 1. The largest absolute Gasteiger partial charge is 0.468 e. The summed E-state index contributed by atoms with van der Waals surface area (Å²) in [6, 6.07) is 13.8. The minimum Gasteiger partial charge on any atom is -0.468 e. The average Bonchev–Trinajstić information content (AvgIpc) is 3.16. The lowest BCUT2D eigenvalue weighted by atomic mass is 10.1. The van der Waals surface area contributed by atoms with E-state index < -0.39 is 16.1 Å². The highest BCUT2D eigenvalue weighted by atomic mass is 32.2. The van der Waals surface area contributed by atoms with E-state index in [1.807, 2.05) is 24.3 Å². The predicted octanol–water partition coefficient (Wildman–Crippen LogP) is 3.06. The summed E-state index contributed by atoms with van der Waals surface area (Å²) in [6.07, 6.45) is 1.82.